The summed E-state index contributed by atoms with van der Waals surface area (Å²) in [6, 6.07) is 2.98. The highest BCUT2D eigenvalue weighted by Crippen LogP contribution is 2.36. The molecule has 6 nitrogen and oxygen atoms in total. The Morgan fingerprint density at radius 1 is 1.43 bits per heavy atom. The van der Waals surface area contributed by atoms with Gasteiger partial charge in [0.2, 0.25) is 0 Å². The van der Waals surface area contributed by atoms with Crippen molar-refractivity contribution in [2.45, 2.75) is 33.2 Å². The number of rotatable bonds is 3. The Kier molecular flexibility index (Phi) is 4.17. The zero-order chi connectivity index (χ0) is 16.6. The fourth-order valence-corrected chi connectivity index (χ4v) is 3.31. The molecule has 3 rings (SSSR count). The van der Waals surface area contributed by atoms with Crippen LogP contribution < -0.4 is 4.90 Å². The summed E-state index contributed by atoms with van der Waals surface area (Å²) in [6.45, 7) is 5.31. The number of anilines is 1. The van der Waals surface area contributed by atoms with Crippen LogP contribution in [0.25, 0.3) is 0 Å². The molecule has 1 aromatic carbocycles. The van der Waals surface area contributed by atoms with Crippen molar-refractivity contribution in [3.63, 3.8) is 0 Å². The van der Waals surface area contributed by atoms with Gasteiger partial charge in [0, 0.05) is 31.3 Å². The zero-order valence-corrected chi connectivity index (χ0v) is 13.8. The number of nitro benzene ring substituents is 1. The van der Waals surface area contributed by atoms with Gasteiger partial charge in [0.1, 0.15) is 5.82 Å². The molecule has 1 aromatic heterocycles. The molecule has 0 unspecified atom stereocenters. The monoisotopic (exact) mass is 332 g/mol. The van der Waals surface area contributed by atoms with Crippen molar-refractivity contribution in [3.8, 4) is 0 Å². The first kappa shape index (κ1) is 15.7. The number of aromatic nitrogens is 2. The van der Waals surface area contributed by atoms with Crippen LogP contribution in [0, 0.1) is 17.0 Å². The summed E-state index contributed by atoms with van der Waals surface area (Å²) < 4.78 is 0. The van der Waals surface area contributed by atoms with E-state index in [1.807, 2.05) is 20.0 Å². The van der Waals surface area contributed by atoms with Crippen LogP contribution in [0.15, 0.2) is 18.3 Å². The second kappa shape index (κ2) is 6.12. The lowest BCUT2D eigenvalue weighted by atomic mass is 10.0. The number of non-ortho nitro benzene ring substituents is 1. The number of fused-ring (bicyclic) bond motifs is 1. The van der Waals surface area contributed by atoms with Gasteiger partial charge in [-0.15, -0.1) is 0 Å². The molecule has 1 aliphatic heterocycles. The van der Waals surface area contributed by atoms with E-state index in [4.69, 9.17) is 11.6 Å². The molecule has 0 saturated carbocycles. The molecule has 0 radical (unpaired) electrons. The first-order valence-electron chi connectivity index (χ1n) is 7.52. The Balaban J connectivity index is 1.96. The summed E-state index contributed by atoms with van der Waals surface area (Å²) in [7, 11) is 0. The highest BCUT2D eigenvalue weighted by molar-refractivity contribution is 6.33. The molecule has 0 aliphatic carbocycles. The van der Waals surface area contributed by atoms with Gasteiger partial charge >= 0.3 is 0 Å². The van der Waals surface area contributed by atoms with Crippen molar-refractivity contribution in [2.24, 2.45) is 0 Å². The third-order valence-electron chi connectivity index (χ3n) is 4.08. The van der Waals surface area contributed by atoms with E-state index in [9.17, 15) is 10.1 Å². The minimum absolute atomic E-state index is 0.0178. The number of nitro groups is 1. The smallest absolute Gasteiger partial charge is 0.271 e. The van der Waals surface area contributed by atoms with E-state index in [-0.39, 0.29) is 5.69 Å². The van der Waals surface area contributed by atoms with E-state index in [0.717, 1.165) is 47.7 Å². The van der Waals surface area contributed by atoms with Crippen LogP contribution in [0.1, 0.15) is 29.6 Å². The van der Waals surface area contributed by atoms with Gasteiger partial charge in [0.15, 0.2) is 0 Å². The second-order valence-corrected chi connectivity index (χ2v) is 6.04. The quantitative estimate of drug-likeness (QED) is 0.635. The maximum Gasteiger partial charge on any atom is 0.271 e. The largest absolute Gasteiger partial charge is 0.364 e. The second-order valence-electron chi connectivity index (χ2n) is 5.63. The Morgan fingerprint density at radius 3 is 2.87 bits per heavy atom. The van der Waals surface area contributed by atoms with Crippen molar-refractivity contribution in [1.82, 2.24) is 9.97 Å². The molecule has 120 valence electrons. The average Bonchev–Trinajstić information content (AvgIpc) is 2.53. The van der Waals surface area contributed by atoms with Crippen LogP contribution in [-0.4, -0.2) is 21.4 Å². The van der Waals surface area contributed by atoms with E-state index < -0.39 is 4.92 Å². The summed E-state index contributed by atoms with van der Waals surface area (Å²) in [6.07, 6.45) is 3.54. The lowest BCUT2D eigenvalue weighted by Crippen LogP contribution is -2.32. The van der Waals surface area contributed by atoms with E-state index >= 15 is 0 Å². The molecule has 23 heavy (non-hydrogen) atoms. The van der Waals surface area contributed by atoms with Gasteiger partial charge in [0.05, 0.1) is 27.9 Å². The topological polar surface area (TPSA) is 72.2 Å². The van der Waals surface area contributed by atoms with Crippen LogP contribution in [-0.2, 0) is 19.4 Å². The standard InChI is InChI=1S/C16H17ClN4O2/c1-3-15-18-8-11-4-5-20(9-14(11)19-15)16-10(2)6-12(21(22)23)7-13(16)17/h6-8H,3-5,9H2,1-2H3. The van der Waals surface area contributed by atoms with Gasteiger partial charge < -0.3 is 4.90 Å². The molecule has 0 saturated heterocycles. The van der Waals surface area contributed by atoms with Gasteiger partial charge in [-0.2, -0.15) is 0 Å². The first-order valence-corrected chi connectivity index (χ1v) is 7.90. The fraction of sp³-hybridized carbons (Fsp3) is 0.375. The van der Waals surface area contributed by atoms with Gasteiger partial charge in [-0.3, -0.25) is 10.1 Å². The van der Waals surface area contributed by atoms with Gasteiger partial charge in [-0.25, -0.2) is 9.97 Å². The van der Waals surface area contributed by atoms with Gasteiger partial charge in [0.25, 0.3) is 5.69 Å². The molecule has 2 aromatic rings. The Bertz CT molecular complexity index is 756. The third kappa shape index (κ3) is 2.99. The number of nitrogens with zero attached hydrogens (tertiary/aromatic N) is 4. The van der Waals surface area contributed by atoms with Crippen LogP contribution in [0.3, 0.4) is 0 Å². The van der Waals surface area contributed by atoms with E-state index in [0.29, 0.717) is 11.6 Å². The molecule has 7 heteroatoms. The van der Waals surface area contributed by atoms with Crippen molar-refractivity contribution >= 4 is 23.0 Å². The molecule has 0 N–H and O–H groups in total. The number of halogens is 1. The van der Waals surface area contributed by atoms with Crippen LogP contribution >= 0.6 is 11.6 Å². The lowest BCUT2D eigenvalue weighted by molar-refractivity contribution is -0.384. The number of aryl methyl sites for hydroxylation is 2. The van der Waals surface area contributed by atoms with Crippen molar-refractivity contribution in [1.29, 1.82) is 0 Å². The highest BCUT2D eigenvalue weighted by Gasteiger charge is 2.23. The van der Waals surface area contributed by atoms with Gasteiger partial charge in [-0.1, -0.05) is 18.5 Å². The third-order valence-corrected chi connectivity index (χ3v) is 4.37. The van der Waals surface area contributed by atoms with Crippen LogP contribution in [0.5, 0.6) is 0 Å². The molecule has 0 spiro atoms. The summed E-state index contributed by atoms with van der Waals surface area (Å²) in [5, 5.41) is 11.4. The highest BCUT2D eigenvalue weighted by atomic mass is 35.5. The molecule has 0 amide bonds. The summed E-state index contributed by atoms with van der Waals surface area (Å²) in [4.78, 5) is 21.6. The van der Waals surface area contributed by atoms with Crippen molar-refractivity contribution in [3.05, 3.63) is 56.1 Å². The Labute approximate surface area is 139 Å². The van der Waals surface area contributed by atoms with Crippen molar-refractivity contribution in [2.75, 3.05) is 11.4 Å². The van der Waals surface area contributed by atoms with Gasteiger partial charge in [-0.05, 0) is 24.5 Å². The van der Waals surface area contributed by atoms with Crippen LogP contribution in [0.2, 0.25) is 5.02 Å². The maximum atomic E-state index is 10.9. The number of hydrogen-bond acceptors (Lipinski definition) is 5. The summed E-state index contributed by atoms with van der Waals surface area (Å²) in [5.74, 6) is 0.831. The fourth-order valence-electron chi connectivity index (χ4n) is 2.93. The number of benzene rings is 1. The van der Waals surface area contributed by atoms with Crippen LogP contribution in [0.4, 0.5) is 11.4 Å². The Hall–Kier alpha value is -2.21. The molecular weight excluding hydrogens is 316 g/mol. The van der Waals surface area contributed by atoms with Crippen molar-refractivity contribution < 1.29 is 4.92 Å². The van der Waals surface area contributed by atoms with E-state index in [1.54, 1.807) is 6.07 Å². The summed E-state index contributed by atoms with van der Waals surface area (Å²) >= 11 is 6.32. The Morgan fingerprint density at radius 2 is 2.22 bits per heavy atom. The van der Waals surface area contributed by atoms with E-state index in [2.05, 4.69) is 14.9 Å². The predicted octanol–water partition coefficient (Wildman–Crippen LogP) is 3.47. The average molecular weight is 333 g/mol. The molecule has 0 fully saturated rings. The summed E-state index contributed by atoms with van der Waals surface area (Å²) in [5.41, 5.74) is 3.84. The first-order chi connectivity index (χ1) is 11.0. The minimum Gasteiger partial charge on any atom is -0.364 e. The molecule has 2 heterocycles. The lowest BCUT2D eigenvalue weighted by Gasteiger charge is -2.31. The zero-order valence-electron chi connectivity index (χ0n) is 13.0. The molecule has 0 bridgehead atoms. The molecular formula is C16H17ClN4O2. The minimum atomic E-state index is -0.422. The molecule has 1 aliphatic rings. The maximum absolute atomic E-state index is 10.9. The predicted molar refractivity (Wildman–Crippen MR) is 89.0 cm³/mol. The van der Waals surface area contributed by atoms with E-state index in [1.165, 1.54) is 6.07 Å². The molecule has 0 atom stereocenters. The normalized spacial score (nSPS) is 13.8. The SMILES string of the molecule is CCc1ncc2c(n1)CN(c1c(C)cc([N+](=O)[O-])cc1Cl)CC2. The number of hydrogen-bond donors (Lipinski definition) is 0.